The summed E-state index contributed by atoms with van der Waals surface area (Å²) in [6.45, 7) is 9.27. The lowest BCUT2D eigenvalue weighted by Gasteiger charge is -2.35. The fraction of sp³-hybridized carbons (Fsp3) is 0.476. The molecule has 3 heterocycles. The van der Waals surface area contributed by atoms with Gasteiger partial charge in [0.2, 0.25) is 10.0 Å². The van der Waals surface area contributed by atoms with E-state index in [1.807, 2.05) is 6.92 Å². The maximum Gasteiger partial charge on any atom is 0.321 e. The first kappa shape index (κ1) is 23.8. The number of nitrogens with zero attached hydrogens (tertiary/aromatic N) is 8. The molecule has 1 aliphatic heterocycles. The average molecular weight is 488 g/mol. The topological polar surface area (TPSA) is 129 Å². The van der Waals surface area contributed by atoms with Crippen molar-refractivity contribution in [2.24, 2.45) is 0 Å². The molecule has 13 heteroatoms. The largest absolute Gasteiger partial charge is 0.351 e. The first-order valence-electron chi connectivity index (χ1n) is 11.3. The van der Waals surface area contributed by atoms with E-state index >= 15 is 0 Å². The quantitative estimate of drug-likeness (QED) is 0.532. The number of piperazine rings is 1. The molecule has 1 aromatic carbocycles. The minimum atomic E-state index is -3.53. The van der Waals surface area contributed by atoms with Crippen LogP contribution in [0.3, 0.4) is 0 Å². The number of amides is 2. The van der Waals surface area contributed by atoms with Gasteiger partial charge in [-0.1, -0.05) is 19.1 Å². The zero-order valence-electron chi connectivity index (χ0n) is 19.5. The van der Waals surface area contributed by atoms with E-state index in [-0.39, 0.29) is 10.9 Å². The Balaban J connectivity index is 1.38. The molecule has 182 valence electrons. The first-order valence-corrected chi connectivity index (χ1v) is 12.8. The van der Waals surface area contributed by atoms with Gasteiger partial charge in [0.05, 0.1) is 4.90 Å². The third kappa shape index (κ3) is 4.53. The first-order chi connectivity index (χ1) is 16.4. The second-order valence-corrected chi connectivity index (χ2v) is 9.73. The lowest BCUT2D eigenvalue weighted by molar-refractivity contribution is 0.208. The summed E-state index contributed by atoms with van der Waals surface area (Å²) in [5.41, 5.74) is 1.89. The van der Waals surface area contributed by atoms with Gasteiger partial charge >= 0.3 is 6.03 Å². The van der Waals surface area contributed by atoms with E-state index < -0.39 is 10.0 Å². The summed E-state index contributed by atoms with van der Waals surface area (Å²) in [6.07, 6.45) is 1.51. The number of hydrogen-bond acceptors (Lipinski definition) is 8. The van der Waals surface area contributed by atoms with E-state index in [4.69, 9.17) is 0 Å². The lowest BCUT2D eigenvalue weighted by atomic mass is 10.3. The molecule has 34 heavy (non-hydrogen) atoms. The Labute approximate surface area is 198 Å². The Morgan fingerprint density at radius 2 is 1.71 bits per heavy atom. The molecule has 0 saturated carbocycles. The Bertz CT molecular complexity index is 1250. The molecule has 2 aromatic heterocycles. The van der Waals surface area contributed by atoms with E-state index in [0.717, 1.165) is 5.82 Å². The van der Waals surface area contributed by atoms with Crippen LogP contribution in [0.1, 0.15) is 20.8 Å². The number of anilines is 2. The molecule has 1 aliphatic rings. The number of carbonyl (C=O) groups excluding carboxylic acids is 1. The van der Waals surface area contributed by atoms with Gasteiger partial charge in [-0.15, -0.1) is 5.10 Å². The fourth-order valence-electron chi connectivity index (χ4n) is 3.97. The van der Waals surface area contributed by atoms with Gasteiger partial charge in [0.1, 0.15) is 6.33 Å². The smallest absolute Gasteiger partial charge is 0.321 e. The molecule has 0 bridgehead atoms. The van der Waals surface area contributed by atoms with E-state index in [0.29, 0.717) is 62.7 Å². The summed E-state index contributed by atoms with van der Waals surface area (Å²) in [5, 5.41) is 11.2. The zero-order valence-corrected chi connectivity index (χ0v) is 20.4. The number of rotatable bonds is 7. The standard InChI is InChI=1S/C21H29N9O3S/c1-4-29(5-2)34(32,33)17-9-7-16(8-10-17)24-21(31)28-13-11-27(12-14-28)19-18-20(23-15-22-19)30(6-3)26-25-18/h7-10,15H,4-6,11-14H2,1-3H3,(H,24,31). The van der Waals surface area contributed by atoms with Crippen molar-refractivity contribution in [3.63, 3.8) is 0 Å². The maximum atomic E-state index is 12.8. The molecule has 1 fully saturated rings. The van der Waals surface area contributed by atoms with Gasteiger partial charge in [0.15, 0.2) is 17.0 Å². The minimum absolute atomic E-state index is 0.207. The van der Waals surface area contributed by atoms with Gasteiger partial charge < -0.3 is 15.1 Å². The third-order valence-corrected chi connectivity index (χ3v) is 7.96. The monoisotopic (exact) mass is 487 g/mol. The van der Waals surface area contributed by atoms with E-state index in [1.165, 1.54) is 22.8 Å². The summed E-state index contributed by atoms with van der Waals surface area (Å²) < 4.78 is 28.4. The number of carbonyl (C=O) groups is 1. The van der Waals surface area contributed by atoms with Crippen LogP contribution in [0.4, 0.5) is 16.3 Å². The number of benzene rings is 1. The van der Waals surface area contributed by atoms with Crippen LogP contribution >= 0.6 is 0 Å². The van der Waals surface area contributed by atoms with Gasteiger partial charge in [-0.05, 0) is 31.2 Å². The molecule has 1 N–H and O–H groups in total. The SMILES string of the molecule is CCN(CC)S(=O)(=O)c1ccc(NC(=O)N2CCN(c3ncnc4c3nnn4CC)CC2)cc1. The van der Waals surface area contributed by atoms with Gasteiger partial charge in [-0.3, -0.25) is 0 Å². The van der Waals surface area contributed by atoms with Gasteiger partial charge in [-0.25, -0.2) is 27.9 Å². The summed E-state index contributed by atoms with van der Waals surface area (Å²) in [7, 11) is -3.53. The number of aromatic nitrogens is 5. The van der Waals surface area contributed by atoms with Crippen LogP contribution in [0.25, 0.3) is 11.2 Å². The Kier molecular flexibility index (Phi) is 6.93. The average Bonchev–Trinajstić information content (AvgIpc) is 3.28. The molecule has 0 unspecified atom stereocenters. The summed E-state index contributed by atoms with van der Waals surface area (Å²) in [6, 6.07) is 6.03. The number of nitrogens with one attached hydrogen (secondary N) is 1. The van der Waals surface area contributed by atoms with E-state index in [1.54, 1.807) is 35.6 Å². The Hall–Kier alpha value is -3.32. The highest BCUT2D eigenvalue weighted by atomic mass is 32.2. The molecular formula is C21H29N9O3S. The molecule has 2 amide bonds. The highest BCUT2D eigenvalue weighted by Gasteiger charge is 2.25. The van der Waals surface area contributed by atoms with Crippen molar-refractivity contribution in [2.75, 3.05) is 49.5 Å². The van der Waals surface area contributed by atoms with E-state index in [2.05, 4.69) is 30.5 Å². The normalized spacial score (nSPS) is 14.7. The van der Waals surface area contributed by atoms with Crippen molar-refractivity contribution < 1.29 is 13.2 Å². The van der Waals surface area contributed by atoms with Crippen molar-refractivity contribution in [2.45, 2.75) is 32.2 Å². The molecular weight excluding hydrogens is 458 g/mol. The Morgan fingerprint density at radius 3 is 2.32 bits per heavy atom. The van der Waals surface area contributed by atoms with Crippen LogP contribution in [-0.4, -0.2) is 87.9 Å². The number of fused-ring (bicyclic) bond motifs is 1. The fourth-order valence-corrected chi connectivity index (χ4v) is 5.43. The van der Waals surface area contributed by atoms with Crippen LogP contribution in [0, 0.1) is 0 Å². The van der Waals surface area contributed by atoms with Crippen LogP contribution in [-0.2, 0) is 16.6 Å². The van der Waals surface area contributed by atoms with Crippen LogP contribution in [0.5, 0.6) is 0 Å². The minimum Gasteiger partial charge on any atom is -0.351 e. The maximum absolute atomic E-state index is 12.8. The second-order valence-electron chi connectivity index (χ2n) is 7.79. The van der Waals surface area contributed by atoms with Crippen molar-refractivity contribution in [3.8, 4) is 0 Å². The summed E-state index contributed by atoms with van der Waals surface area (Å²) >= 11 is 0. The van der Waals surface area contributed by atoms with Crippen molar-refractivity contribution in [1.82, 2.24) is 34.2 Å². The highest BCUT2D eigenvalue weighted by molar-refractivity contribution is 7.89. The molecule has 3 aromatic rings. The van der Waals surface area contributed by atoms with Crippen LogP contribution in [0.2, 0.25) is 0 Å². The number of aryl methyl sites for hydroxylation is 1. The van der Waals surface area contributed by atoms with Gasteiger partial charge in [0.25, 0.3) is 0 Å². The number of sulfonamides is 1. The highest BCUT2D eigenvalue weighted by Crippen LogP contribution is 2.22. The molecule has 1 saturated heterocycles. The van der Waals surface area contributed by atoms with Gasteiger partial charge in [-0.2, -0.15) is 4.31 Å². The number of hydrogen-bond donors (Lipinski definition) is 1. The zero-order chi connectivity index (χ0) is 24.3. The predicted octanol–water partition coefficient (Wildman–Crippen LogP) is 1.63. The molecule has 12 nitrogen and oxygen atoms in total. The summed E-state index contributed by atoms with van der Waals surface area (Å²) in [5.74, 6) is 0.717. The van der Waals surface area contributed by atoms with Gasteiger partial charge in [0, 0.05) is 51.5 Å². The predicted molar refractivity (Wildman–Crippen MR) is 128 cm³/mol. The third-order valence-electron chi connectivity index (χ3n) is 5.90. The molecule has 0 atom stereocenters. The second kappa shape index (κ2) is 9.89. The molecule has 0 aliphatic carbocycles. The number of urea groups is 1. The molecule has 0 spiro atoms. The molecule has 4 rings (SSSR count). The summed E-state index contributed by atoms with van der Waals surface area (Å²) in [4.78, 5) is 25.5. The van der Waals surface area contributed by atoms with Crippen LogP contribution < -0.4 is 10.2 Å². The van der Waals surface area contributed by atoms with E-state index in [9.17, 15) is 13.2 Å². The molecule has 0 radical (unpaired) electrons. The van der Waals surface area contributed by atoms with Crippen LogP contribution in [0.15, 0.2) is 35.5 Å². The van der Waals surface area contributed by atoms with Crippen molar-refractivity contribution >= 4 is 38.7 Å². The Morgan fingerprint density at radius 1 is 1.03 bits per heavy atom. The van der Waals surface area contributed by atoms with Crippen molar-refractivity contribution in [1.29, 1.82) is 0 Å². The lowest BCUT2D eigenvalue weighted by Crippen LogP contribution is -2.50. The van der Waals surface area contributed by atoms with Crippen molar-refractivity contribution in [3.05, 3.63) is 30.6 Å².